The Bertz CT molecular complexity index is 1040. The summed E-state index contributed by atoms with van der Waals surface area (Å²) in [5.74, 6) is 2.93. The summed E-state index contributed by atoms with van der Waals surface area (Å²) in [4.78, 5) is 0. The van der Waals surface area contributed by atoms with E-state index in [0.29, 0.717) is 24.7 Å². The maximum Gasteiger partial charge on any atom is 0.231 e. The quantitative estimate of drug-likeness (QED) is 0.433. The van der Waals surface area contributed by atoms with E-state index in [2.05, 4.69) is 47.6 Å². The molecule has 7 nitrogen and oxygen atoms in total. The van der Waals surface area contributed by atoms with Crippen LogP contribution < -0.4 is 18.9 Å². The first-order valence-corrected chi connectivity index (χ1v) is 12.5. The third kappa shape index (κ3) is 6.07. The monoisotopic (exact) mass is 500 g/mol. The van der Waals surface area contributed by atoms with Crippen molar-refractivity contribution in [2.75, 3.05) is 34.2 Å². The van der Waals surface area contributed by atoms with E-state index in [1.165, 1.54) is 0 Å². The summed E-state index contributed by atoms with van der Waals surface area (Å²) >= 11 is 0. The molecule has 0 spiro atoms. The summed E-state index contributed by atoms with van der Waals surface area (Å²) in [5, 5.41) is 0. The maximum atomic E-state index is 6.87. The van der Waals surface area contributed by atoms with E-state index < -0.39 is 0 Å². The van der Waals surface area contributed by atoms with E-state index >= 15 is 0 Å². The molecule has 0 radical (unpaired) electrons. The lowest BCUT2D eigenvalue weighted by Crippen LogP contribution is -2.32. The van der Waals surface area contributed by atoms with Crippen molar-refractivity contribution in [3.05, 3.63) is 47.5 Å². The summed E-state index contributed by atoms with van der Waals surface area (Å²) in [5.41, 5.74) is 1.48. The van der Waals surface area contributed by atoms with Crippen LogP contribution in [0.5, 0.6) is 23.0 Å². The molecule has 0 saturated carbocycles. The second-order valence-corrected chi connectivity index (χ2v) is 11.4. The molecule has 0 N–H and O–H groups in total. The molecule has 1 fully saturated rings. The van der Waals surface area contributed by atoms with E-state index in [-0.39, 0.29) is 42.0 Å². The molecule has 2 heterocycles. The third-order valence-electron chi connectivity index (χ3n) is 6.50. The number of hydrogen-bond acceptors (Lipinski definition) is 7. The minimum absolute atomic E-state index is 0.0418. The molecule has 4 rings (SSSR count). The van der Waals surface area contributed by atoms with Crippen LogP contribution in [0.1, 0.15) is 64.9 Å². The highest BCUT2D eigenvalue weighted by Gasteiger charge is 2.47. The Morgan fingerprint density at radius 1 is 0.694 bits per heavy atom. The zero-order valence-corrected chi connectivity index (χ0v) is 22.8. The van der Waals surface area contributed by atoms with Gasteiger partial charge in [-0.05, 0) is 76.9 Å². The van der Waals surface area contributed by atoms with Crippen LogP contribution in [-0.4, -0.2) is 45.4 Å². The number of rotatable bonds is 8. The minimum atomic E-state index is -0.283. The van der Waals surface area contributed by atoms with Gasteiger partial charge in [0.2, 0.25) is 6.79 Å². The van der Waals surface area contributed by atoms with Gasteiger partial charge in [0.05, 0.1) is 50.8 Å². The average Bonchev–Trinajstić information content (AvgIpc) is 3.43. The van der Waals surface area contributed by atoms with Crippen LogP contribution >= 0.6 is 0 Å². The van der Waals surface area contributed by atoms with Crippen molar-refractivity contribution in [2.45, 2.75) is 65.0 Å². The van der Waals surface area contributed by atoms with Gasteiger partial charge in [0.25, 0.3) is 0 Å². The third-order valence-corrected chi connectivity index (χ3v) is 6.50. The summed E-state index contributed by atoms with van der Waals surface area (Å²) < 4.78 is 41.8. The molecular weight excluding hydrogens is 460 g/mol. The van der Waals surface area contributed by atoms with Gasteiger partial charge in [0.15, 0.2) is 23.0 Å². The van der Waals surface area contributed by atoms with E-state index in [1.807, 2.05) is 30.3 Å². The molecule has 2 aromatic carbocycles. The molecule has 0 unspecified atom stereocenters. The molecule has 4 atom stereocenters. The van der Waals surface area contributed by atoms with Gasteiger partial charge in [-0.25, -0.2) is 0 Å². The van der Waals surface area contributed by atoms with E-state index in [1.54, 1.807) is 14.2 Å². The van der Waals surface area contributed by atoms with Crippen molar-refractivity contribution >= 4 is 0 Å². The zero-order valence-electron chi connectivity index (χ0n) is 22.8. The molecule has 198 valence electrons. The molecule has 2 aliphatic heterocycles. The fourth-order valence-corrected chi connectivity index (χ4v) is 4.69. The second kappa shape index (κ2) is 10.5. The lowest BCUT2D eigenvalue weighted by Gasteiger charge is -2.30. The van der Waals surface area contributed by atoms with Crippen molar-refractivity contribution in [3.63, 3.8) is 0 Å². The summed E-state index contributed by atoms with van der Waals surface area (Å²) in [7, 11) is 3.28. The average molecular weight is 501 g/mol. The van der Waals surface area contributed by atoms with Gasteiger partial charge in [-0.1, -0.05) is 12.1 Å². The highest BCUT2D eigenvalue weighted by atomic mass is 16.7. The van der Waals surface area contributed by atoms with Gasteiger partial charge in [0.1, 0.15) is 0 Å². The lowest BCUT2D eigenvalue weighted by atomic mass is 9.83. The maximum absolute atomic E-state index is 6.87. The number of fused-ring (bicyclic) bond motifs is 1. The van der Waals surface area contributed by atoms with Crippen molar-refractivity contribution in [1.82, 2.24) is 0 Å². The molecule has 36 heavy (non-hydrogen) atoms. The molecule has 1 saturated heterocycles. The Hall–Kier alpha value is -2.48. The molecule has 0 amide bonds. The Kier molecular flexibility index (Phi) is 7.74. The lowest BCUT2D eigenvalue weighted by molar-refractivity contribution is -0.0620. The molecule has 0 aromatic heterocycles. The summed E-state index contributed by atoms with van der Waals surface area (Å²) in [6, 6.07) is 12.0. The van der Waals surface area contributed by atoms with Gasteiger partial charge in [0, 0.05) is 11.8 Å². The van der Waals surface area contributed by atoms with Gasteiger partial charge in [-0.15, -0.1) is 0 Å². The van der Waals surface area contributed by atoms with Gasteiger partial charge in [-0.2, -0.15) is 0 Å². The van der Waals surface area contributed by atoms with Crippen molar-refractivity contribution in [1.29, 1.82) is 0 Å². The SMILES string of the molecule is COc1ccc([C@@H]2O[C@H](c3ccc4c(c3)OCO4)[C@H](COC(C)(C)C)[C@H]2COC(C)(C)C)cc1OC. The number of benzene rings is 2. The van der Waals surface area contributed by atoms with Gasteiger partial charge in [-0.3, -0.25) is 0 Å². The number of ether oxygens (including phenoxy) is 7. The topological polar surface area (TPSA) is 64.6 Å². The van der Waals surface area contributed by atoms with Gasteiger partial charge >= 0.3 is 0 Å². The summed E-state index contributed by atoms with van der Waals surface area (Å²) in [6.45, 7) is 13.7. The Labute approximate surface area is 214 Å². The predicted octanol–water partition coefficient (Wildman–Crippen LogP) is 6.11. The zero-order chi connectivity index (χ0) is 26.1. The standard InChI is InChI=1S/C29H40O7/c1-28(2,3)34-15-20-21(16-35-29(4,5)6)27(19-10-12-23-25(14-19)33-17-32-23)36-26(20)18-9-11-22(30-7)24(13-18)31-8/h9-14,20-21,26-27H,15-17H2,1-8H3/t20-,21-,26+,27-/m1/s1. The first-order valence-electron chi connectivity index (χ1n) is 12.5. The van der Waals surface area contributed by atoms with Crippen LogP contribution in [0.4, 0.5) is 0 Å². The van der Waals surface area contributed by atoms with Crippen molar-refractivity contribution in [2.24, 2.45) is 11.8 Å². The molecule has 2 aliphatic rings. The van der Waals surface area contributed by atoms with Crippen LogP contribution in [0, 0.1) is 11.8 Å². The van der Waals surface area contributed by atoms with Crippen LogP contribution in [0.25, 0.3) is 0 Å². The second-order valence-electron chi connectivity index (χ2n) is 11.4. The number of hydrogen-bond donors (Lipinski definition) is 0. The van der Waals surface area contributed by atoms with E-state index in [9.17, 15) is 0 Å². The Balaban J connectivity index is 1.74. The largest absolute Gasteiger partial charge is 0.493 e. The van der Waals surface area contributed by atoms with Crippen molar-refractivity contribution < 1.29 is 33.2 Å². The molecule has 2 aromatic rings. The van der Waals surface area contributed by atoms with Crippen LogP contribution in [0.2, 0.25) is 0 Å². The van der Waals surface area contributed by atoms with Crippen LogP contribution in [0.15, 0.2) is 36.4 Å². The highest BCUT2D eigenvalue weighted by Crippen LogP contribution is 2.52. The minimum Gasteiger partial charge on any atom is -0.493 e. The van der Waals surface area contributed by atoms with Crippen LogP contribution in [-0.2, 0) is 14.2 Å². The van der Waals surface area contributed by atoms with E-state index in [0.717, 1.165) is 22.6 Å². The Morgan fingerprint density at radius 3 is 1.78 bits per heavy atom. The highest BCUT2D eigenvalue weighted by molar-refractivity contribution is 5.46. The smallest absolute Gasteiger partial charge is 0.231 e. The fraction of sp³-hybridized carbons (Fsp3) is 0.586. The molecule has 0 bridgehead atoms. The molecule has 0 aliphatic carbocycles. The number of methoxy groups -OCH3 is 2. The van der Waals surface area contributed by atoms with Gasteiger partial charge < -0.3 is 33.2 Å². The fourth-order valence-electron chi connectivity index (χ4n) is 4.69. The first-order chi connectivity index (χ1) is 17.0. The molecule has 7 heteroatoms. The Morgan fingerprint density at radius 2 is 1.22 bits per heavy atom. The predicted molar refractivity (Wildman–Crippen MR) is 137 cm³/mol. The normalized spacial score (nSPS) is 23.7. The van der Waals surface area contributed by atoms with Crippen LogP contribution in [0.3, 0.4) is 0 Å². The van der Waals surface area contributed by atoms with E-state index in [4.69, 9.17) is 33.2 Å². The summed E-state index contributed by atoms with van der Waals surface area (Å²) in [6.07, 6.45) is -0.440. The first kappa shape index (κ1) is 26.6. The molecular formula is C29H40O7. The van der Waals surface area contributed by atoms with Crippen molar-refractivity contribution in [3.8, 4) is 23.0 Å².